The summed E-state index contributed by atoms with van der Waals surface area (Å²) < 4.78 is 49.5. The van der Waals surface area contributed by atoms with Gasteiger partial charge in [0.15, 0.2) is 17.2 Å². The molecule has 234 valence electrons. The normalized spacial score (nSPS) is 22.4. The van der Waals surface area contributed by atoms with E-state index in [1.165, 1.54) is 14.0 Å². The summed E-state index contributed by atoms with van der Waals surface area (Å²) in [5.74, 6) is -2.52. The number of carbonyl (C=O) groups excluding carboxylic acids is 4. The number of carbonyl (C=O) groups is 4. The molecular weight excluding hydrogens is 557 g/mol. The summed E-state index contributed by atoms with van der Waals surface area (Å²) in [5, 5.41) is 14.7. The van der Waals surface area contributed by atoms with E-state index >= 15 is 0 Å². The molecule has 3 rings (SSSR count). The molecule has 1 saturated carbocycles. The number of rotatable bonds is 15. The highest BCUT2D eigenvalue weighted by atomic mass is 19.4. The molecule has 3 N–H and O–H groups in total. The van der Waals surface area contributed by atoms with Crippen LogP contribution in [0.4, 0.5) is 13.2 Å². The second-order valence-corrected chi connectivity index (χ2v) is 12.0. The van der Waals surface area contributed by atoms with Gasteiger partial charge in [0, 0.05) is 12.3 Å². The molecule has 1 heterocycles. The standard InChI is InChI=1S/C30H41F3N2O7/c1-18(34-25(37)16-29(3,40)30(31,32)33)24(36)15-21(13-20-9-11-22(41-4)12-10-20)27(39)35-23(14-19-7-5-6-8-19)26(38)28(2)17-42-28/h9-12,18-19,21,23,40H,5-8,13-17H2,1-4H3,(H,34,37)(H,35,39). The number of amides is 2. The summed E-state index contributed by atoms with van der Waals surface area (Å²) >= 11 is 0. The van der Waals surface area contributed by atoms with Gasteiger partial charge in [0.25, 0.3) is 0 Å². The second-order valence-electron chi connectivity index (χ2n) is 12.0. The number of nitrogens with one attached hydrogen (secondary N) is 2. The lowest BCUT2D eigenvalue weighted by Gasteiger charge is -2.27. The summed E-state index contributed by atoms with van der Waals surface area (Å²) in [6, 6.07) is 4.90. The van der Waals surface area contributed by atoms with Crippen molar-refractivity contribution in [2.75, 3.05) is 13.7 Å². The van der Waals surface area contributed by atoms with Crippen LogP contribution in [-0.4, -0.2) is 71.7 Å². The average Bonchev–Trinajstić information content (AvgIpc) is 3.45. The molecule has 42 heavy (non-hydrogen) atoms. The van der Waals surface area contributed by atoms with E-state index in [1.54, 1.807) is 31.2 Å². The van der Waals surface area contributed by atoms with Gasteiger partial charge in [-0.25, -0.2) is 0 Å². The van der Waals surface area contributed by atoms with Gasteiger partial charge in [0.1, 0.15) is 11.4 Å². The molecule has 0 aromatic heterocycles. The third-order valence-corrected chi connectivity index (χ3v) is 8.21. The van der Waals surface area contributed by atoms with Crippen LogP contribution < -0.4 is 15.4 Å². The Morgan fingerprint density at radius 2 is 1.71 bits per heavy atom. The van der Waals surface area contributed by atoms with E-state index in [9.17, 15) is 37.5 Å². The monoisotopic (exact) mass is 598 g/mol. The first kappa shape index (κ1) is 33.5. The molecule has 12 heteroatoms. The number of hydrogen-bond donors (Lipinski definition) is 3. The van der Waals surface area contributed by atoms with Crippen LogP contribution in [0.5, 0.6) is 5.75 Å². The molecule has 5 unspecified atom stereocenters. The molecule has 1 saturated heterocycles. The number of aliphatic hydroxyl groups is 1. The van der Waals surface area contributed by atoms with E-state index in [1.807, 2.05) is 0 Å². The Morgan fingerprint density at radius 1 is 1.12 bits per heavy atom. The van der Waals surface area contributed by atoms with Crippen molar-refractivity contribution in [3.05, 3.63) is 29.8 Å². The first-order valence-electron chi connectivity index (χ1n) is 14.3. The molecule has 1 aromatic rings. The van der Waals surface area contributed by atoms with E-state index in [0.717, 1.165) is 31.2 Å². The Bertz CT molecular complexity index is 1130. The first-order chi connectivity index (χ1) is 19.5. The highest BCUT2D eigenvalue weighted by Crippen LogP contribution is 2.34. The maximum absolute atomic E-state index is 13.7. The highest BCUT2D eigenvalue weighted by molar-refractivity contribution is 5.98. The molecule has 2 amide bonds. The van der Waals surface area contributed by atoms with Gasteiger partial charge in [0.2, 0.25) is 11.8 Å². The van der Waals surface area contributed by atoms with Crippen LogP contribution in [0.1, 0.15) is 71.3 Å². The fraction of sp³-hybridized carbons (Fsp3) is 0.667. The maximum Gasteiger partial charge on any atom is 0.417 e. The molecule has 0 radical (unpaired) electrons. The number of hydrogen-bond acceptors (Lipinski definition) is 7. The van der Waals surface area contributed by atoms with Crippen molar-refractivity contribution in [2.45, 2.75) is 102 Å². The van der Waals surface area contributed by atoms with Gasteiger partial charge in [-0.3, -0.25) is 19.2 Å². The Hall–Kier alpha value is -2.99. The van der Waals surface area contributed by atoms with Crippen molar-refractivity contribution in [2.24, 2.45) is 11.8 Å². The van der Waals surface area contributed by atoms with Gasteiger partial charge in [-0.15, -0.1) is 0 Å². The fourth-order valence-electron chi connectivity index (χ4n) is 5.23. The third-order valence-electron chi connectivity index (χ3n) is 8.21. The Balaban J connectivity index is 1.74. The second kappa shape index (κ2) is 13.5. The highest BCUT2D eigenvalue weighted by Gasteiger charge is 2.52. The Morgan fingerprint density at radius 3 is 2.24 bits per heavy atom. The number of ketones is 2. The van der Waals surface area contributed by atoms with Crippen molar-refractivity contribution in [1.29, 1.82) is 0 Å². The van der Waals surface area contributed by atoms with Crippen molar-refractivity contribution in [1.82, 2.24) is 10.6 Å². The van der Waals surface area contributed by atoms with E-state index in [-0.39, 0.29) is 31.1 Å². The van der Waals surface area contributed by atoms with Crippen molar-refractivity contribution < 1.29 is 46.9 Å². The van der Waals surface area contributed by atoms with Crippen LogP contribution >= 0.6 is 0 Å². The van der Waals surface area contributed by atoms with Crippen molar-refractivity contribution in [3.63, 3.8) is 0 Å². The number of halogens is 3. The number of Topliss-reactive ketones (excluding diaryl/α,β-unsaturated/α-hetero) is 2. The smallest absolute Gasteiger partial charge is 0.417 e. The SMILES string of the molecule is COc1ccc(CC(CC(=O)C(C)NC(=O)CC(C)(O)C(F)(F)F)C(=O)NC(CC2CCCC2)C(=O)C2(C)CO2)cc1. The van der Waals surface area contributed by atoms with Crippen LogP contribution in [0.2, 0.25) is 0 Å². The predicted molar refractivity (Wildman–Crippen MR) is 147 cm³/mol. The maximum atomic E-state index is 13.7. The minimum absolute atomic E-state index is 0.128. The average molecular weight is 599 g/mol. The van der Waals surface area contributed by atoms with Gasteiger partial charge in [-0.05, 0) is 57.2 Å². The molecule has 5 atom stereocenters. The molecule has 2 aliphatic rings. The molecular formula is C30H41F3N2O7. The summed E-state index contributed by atoms with van der Waals surface area (Å²) in [5.41, 5.74) is -3.49. The van der Waals surface area contributed by atoms with Crippen LogP contribution in [0, 0.1) is 11.8 Å². The number of ether oxygens (including phenoxy) is 2. The zero-order chi connectivity index (χ0) is 31.3. The summed E-state index contributed by atoms with van der Waals surface area (Å²) in [7, 11) is 1.51. The lowest BCUT2D eigenvalue weighted by molar-refractivity contribution is -0.253. The molecule has 1 aromatic carbocycles. The van der Waals surface area contributed by atoms with Gasteiger partial charge in [-0.2, -0.15) is 13.2 Å². The number of epoxide rings is 1. The fourth-order valence-corrected chi connectivity index (χ4v) is 5.23. The van der Waals surface area contributed by atoms with Crippen molar-refractivity contribution in [3.8, 4) is 5.75 Å². The summed E-state index contributed by atoms with van der Waals surface area (Å²) in [6.07, 6.45) is -2.01. The van der Waals surface area contributed by atoms with Crippen molar-refractivity contribution >= 4 is 23.4 Å². The minimum atomic E-state index is -5.03. The largest absolute Gasteiger partial charge is 0.497 e. The van der Waals surface area contributed by atoms with E-state index in [2.05, 4.69) is 10.6 Å². The van der Waals surface area contributed by atoms with Crippen LogP contribution in [0.3, 0.4) is 0 Å². The van der Waals surface area contributed by atoms with Gasteiger partial charge in [0.05, 0.1) is 32.2 Å². The summed E-state index contributed by atoms with van der Waals surface area (Å²) in [4.78, 5) is 52.3. The van der Waals surface area contributed by atoms with Crippen LogP contribution in [-0.2, 0) is 30.3 Å². The topological polar surface area (TPSA) is 134 Å². The van der Waals surface area contributed by atoms with Gasteiger partial charge >= 0.3 is 6.18 Å². The molecule has 0 bridgehead atoms. The quantitative estimate of drug-likeness (QED) is 0.263. The zero-order valence-electron chi connectivity index (χ0n) is 24.5. The molecule has 1 aliphatic heterocycles. The number of benzene rings is 1. The lowest BCUT2D eigenvalue weighted by Crippen LogP contribution is -2.50. The number of methoxy groups -OCH3 is 1. The predicted octanol–water partition coefficient (Wildman–Crippen LogP) is 3.44. The van der Waals surface area contributed by atoms with E-state index in [0.29, 0.717) is 19.1 Å². The Labute approximate surface area is 243 Å². The van der Waals surface area contributed by atoms with Gasteiger partial charge < -0.3 is 25.2 Å². The van der Waals surface area contributed by atoms with Gasteiger partial charge in [-0.1, -0.05) is 37.8 Å². The number of alkyl halides is 3. The zero-order valence-corrected chi connectivity index (χ0v) is 24.5. The van der Waals surface area contributed by atoms with E-state index in [4.69, 9.17) is 9.47 Å². The minimum Gasteiger partial charge on any atom is -0.497 e. The third kappa shape index (κ3) is 9.00. The summed E-state index contributed by atoms with van der Waals surface area (Å²) in [6.45, 7) is 3.74. The van der Waals surface area contributed by atoms with Crippen LogP contribution in [0.15, 0.2) is 24.3 Å². The first-order valence-corrected chi connectivity index (χ1v) is 14.3. The molecule has 2 fully saturated rings. The van der Waals surface area contributed by atoms with Crippen LogP contribution in [0.25, 0.3) is 0 Å². The Kier molecular flexibility index (Phi) is 10.8. The van der Waals surface area contributed by atoms with E-state index < -0.39 is 59.4 Å². The molecule has 9 nitrogen and oxygen atoms in total. The molecule has 1 aliphatic carbocycles. The lowest BCUT2D eigenvalue weighted by atomic mass is 9.88. The molecule has 0 spiro atoms.